The molecule has 2 aromatic rings. The molecule has 2 N–H and O–H groups in total. The fourth-order valence-electron chi connectivity index (χ4n) is 3.23. The molecule has 9 heteroatoms. The Morgan fingerprint density at radius 3 is 2.29 bits per heavy atom. The number of thiocarbonyl (C=S) groups is 1. The highest BCUT2D eigenvalue weighted by Gasteiger charge is 2.27. The van der Waals surface area contributed by atoms with E-state index < -0.39 is 0 Å². The van der Waals surface area contributed by atoms with Crippen molar-refractivity contribution in [3.8, 4) is 17.2 Å². The van der Waals surface area contributed by atoms with Crippen LogP contribution in [0.5, 0.6) is 17.2 Å². The molecule has 3 rings (SSSR count). The van der Waals surface area contributed by atoms with E-state index in [-0.39, 0.29) is 5.97 Å². The Morgan fingerprint density at radius 2 is 1.71 bits per heavy atom. The van der Waals surface area contributed by atoms with Crippen LogP contribution in [0.1, 0.15) is 27.2 Å². The van der Waals surface area contributed by atoms with Gasteiger partial charge in [-0.2, -0.15) is 0 Å². The van der Waals surface area contributed by atoms with Gasteiger partial charge >= 0.3 is 5.97 Å². The average Bonchev–Trinajstić information content (AvgIpc) is 3.27. The second-order valence-corrected chi connectivity index (χ2v) is 7.56. The predicted molar refractivity (Wildman–Crippen MR) is 114 cm³/mol. The number of hydrogen-bond acceptors (Lipinski definition) is 7. The van der Waals surface area contributed by atoms with Gasteiger partial charge in [0.1, 0.15) is 5.00 Å². The number of hydrogen-bond donors (Lipinski definition) is 2. The zero-order valence-corrected chi connectivity index (χ0v) is 17.8. The smallest absolute Gasteiger partial charge is 0.341 e. The number of nitrogens with one attached hydrogen (secondary N) is 2. The Morgan fingerprint density at radius 1 is 1.04 bits per heavy atom. The maximum absolute atomic E-state index is 12.3. The lowest BCUT2D eigenvalue weighted by atomic mass is 10.1. The first-order chi connectivity index (χ1) is 13.5. The number of ether oxygens (including phenoxy) is 4. The maximum atomic E-state index is 12.3. The summed E-state index contributed by atoms with van der Waals surface area (Å²) in [5.41, 5.74) is 2.31. The molecule has 150 valence electrons. The van der Waals surface area contributed by atoms with Crippen LogP contribution in [0.3, 0.4) is 0 Å². The molecule has 7 nitrogen and oxygen atoms in total. The Hall–Kier alpha value is -2.52. The Bertz CT molecular complexity index is 885. The quantitative estimate of drug-likeness (QED) is 0.537. The van der Waals surface area contributed by atoms with E-state index in [1.165, 1.54) is 12.0 Å². The van der Waals surface area contributed by atoms with Crippen LogP contribution >= 0.6 is 23.6 Å². The normalized spacial score (nSPS) is 12.1. The van der Waals surface area contributed by atoms with Gasteiger partial charge in [-0.15, -0.1) is 11.3 Å². The molecule has 0 saturated carbocycles. The molecule has 0 amide bonds. The fourth-order valence-corrected chi connectivity index (χ4v) is 4.80. The molecule has 0 unspecified atom stereocenters. The van der Waals surface area contributed by atoms with E-state index in [9.17, 15) is 4.79 Å². The van der Waals surface area contributed by atoms with Gasteiger partial charge in [-0.1, -0.05) is 0 Å². The van der Waals surface area contributed by atoms with Gasteiger partial charge in [0.25, 0.3) is 0 Å². The van der Waals surface area contributed by atoms with Gasteiger partial charge in [0, 0.05) is 22.7 Å². The number of rotatable bonds is 6. The lowest BCUT2D eigenvalue weighted by molar-refractivity contribution is 0.0601. The lowest BCUT2D eigenvalue weighted by Gasteiger charge is -2.16. The summed E-state index contributed by atoms with van der Waals surface area (Å²) >= 11 is 6.99. The number of thiophene rings is 1. The van der Waals surface area contributed by atoms with Crippen molar-refractivity contribution in [1.82, 2.24) is 0 Å². The topological polar surface area (TPSA) is 78.1 Å². The molecule has 0 radical (unpaired) electrons. The summed E-state index contributed by atoms with van der Waals surface area (Å²) in [6.07, 6.45) is 2.91. The van der Waals surface area contributed by atoms with E-state index in [4.69, 9.17) is 31.2 Å². The fraction of sp³-hybridized carbons (Fsp3) is 0.368. The van der Waals surface area contributed by atoms with Crippen molar-refractivity contribution in [2.45, 2.75) is 19.3 Å². The SMILES string of the molecule is COC(=O)c1c(NC(=S)Nc2cc(OC)c(OC)c(OC)c2)sc2c1CCC2. The van der Waals surface area contributed by atoms with Gasteiger partial charge in [-0.25, -0.2) is 4.79 Å². The predicted octanol–water partition coefficient (Wildman–Crippen LogP) is 3.86. The second kappa shape index (κ2) is 8.66. The number of carbonyl (C=O) groups is 1. The summed E-state index contributed by atoms with van der Waals surface area (Å²) < 4.78 is 21.0. The van der Waals surface area contributed by atoms with Gasteiger partial charge in [-0.05, 0) is 37.0 Å². The number of fused-ring (bicyclic) bond motifs is 1. The zero-order chi connectivity index (χ0) is 20.3. The van der Waals surface area contributed by atoms with E-state index in [1.807, 2.05) is 0 Å². The van der Waals surface area contributed by atoms with Gasteiger partial charge in [0.2, 0.25) is 5.75 Å². The molecule has 1 aliphatic carbocycles. The largest absolute Gasteiger partial charge is 0.493 e. The van der Waals surface area contributed by atoms with Crippen LogP contribution in [0, 0.1) is 0 Å². The van der Waals surface area contributed by atoms with Crippen LogP contribution in [0.2, 0.25) is 0 Å². The third-order valence-corrected chi connectivity index (χ3v) is 5.87. The first-order valence-corrected chi connectivity index (χ1v) is 9.85. The van der Waals surface area contributed by atoms with Crippen LogP contribution in [-0.2, 0) is 17.6 Å². The van der Waals surface area contributed by atoms with Gasteiger partial charge < -0.3 is 29.6 Å². The summed E-state index contributed by atoms with van der Waals surface area (Å²) in [6.45, 7) is 0. The molecule has 0 spiro atoms. The summed E-state index contributed by atoms with van der Waals surface area (Å²) in [5.74, 6) is 1.17. The number of benzene rings is 1. The van der Waals surface area contributed by atoms with Gasteiger partial charge in [0.05, 0.1) is 34.0 Å². The highest BCUT2D eigenvalue weighted by atomic mass is 32.1. The van der Waals surface area contributed by atoms with Crippen LogP contribution in [0.25, 0.3) is 0 Å². The molecular formula is C19H22N2O5S2. The van der Waals surface area contributed by atoms with E-state index in [0.29, 0.717) is 38.6 Å². The van der Waals surface area contributed by atoms with Crippen molar-refractivity contribution in [3.63, 3.8) is 0 Å². The molecule has 0 fully saturated rings. The van der Waals surface area contributed by atoms with Gasteiger partial charge in [-0.3, -0.25) is 0 Å². The highest BCUT2D eigenvalue weighted by Crippen LogP contribution is 2.41. The molecular weight excluding hydrogens is 400 g/mol. The van der Waals surface area contributed by atoms with E-state index >= 15 is 0 Å². The number of anilines is 2. The first kappa shape index (κ1) is 20.2. The average molecular weight is 423 g/mol. The standard InChI is InChI=1S/C19H22N2O5S2/c1-23-12-8-10(9-13(24-2)16(12)25-3)20-19(27)21-17-15(18(22)26-4)11-6-5-7-14(11)28-17/h8-9H,5-7H2,1-4H3,(H2,20,21,27). The third kappa shape index (κ3) is 3.85. The molecule has 0 saturated heterocycles. The molecule has 1 aromatic carbocycles. The summed E-state index contributed by atoms with van der Waals surface area (Å²) in [6, 6.07) is 3.51. The summed E-state index contributed by atoms with van der Waals surface area (Å²) in [4.78, 5) is 13.5. The van der Waals surface area contributed by atoms with Crippen LogP contribution in [0.15, 0.2) is 12.1 Å². The van der Waals surface area contributed by atoms with E-state index in [1.54, 1.807) is 44.8 Å². The molecule has 0 aliphatic heterocycles. The van der Waals surface area contributed by atoms with E-state index in [0.717, 1.165) is 24.8 Å². The Kier molecular flexibility index (Phi) is 6.25. The molecule has 0 atom stereocenters. The summed E-state index contributed by atoms with van der Waals surface area (Å²) in [5, 5.41) is 7.27. The van der Waals surface area contributed by atoms with Crippen LogP contribution in [0.4, 0.5) is 10.7 Å². The van der Waals surface area contributed by atoms with Crippen molar-refractivity contribution in [2.24, 2.45) is 0 Å². The van der Waals surface area contributed by atoms with Gasteiger partial charge in [0.15, 0.2) is 16.6 Å². The number of methoxy groups -OCH3 is 4. The van der Waals surface area contributed by atoms with Crippen molar-refractivity contribution >= 4 is 45.3 Å². The zero-order valence-electron chi connectivity index (χ0n) is 16.1. The Labute approximate surface area is 172 Å². The molecule has 0 bridgehead atoms. The maximum Gasteiger partial charge on any atom is 0.341 e. The minimum absolute atomic E-state index is 0.347. The molecule has 1 heterocycles. The number of esters is 1. The number of carbonyl (C=O) groups excluding carboxylic acids is 1. The van der Waals surface area contributed by atoms with Crippen molar-refractivity contribution in [3.05, 3.63) is 28.1 Å². The lowest BCUT2D eigenvalue weighted by Crippen LogP contribution is -2.20. The minimum Gasteiger partial charge on any atom is -0.493 e. The second-order valence-electron chi connectivity index (χ2n) is 6.05. The number of aryl methyl sites for hydroxylation is 1. The molecule has 28 heavy (non-hydrogen) atoms. The molecule has 1 aromatic heterocycles. The summed E-state index contributed by atoms with van der Waals surface area (Å²) in [7, 11) is 6.03. The minimum atomic E-state index is -0.350. The Balaban J connectivity index is 1.83. The third-order valence-electron chi connectivity index (χ3n) is 4.46. The highest BCUT2D eigenvalue weighted by molar-refractivity contribution is 7.80. The first-order valence-electron chi connectivity index (χ1n) is 8.63. The monoisotopic (exact) mass is 422 g/mol. The van der Waals surface area contributed by atoms with E-state index in [2.05, 4.69) is 10.6 Å². The van der Waals surface area contributed by atoms with Crippen LogP contribution in [-0.4, -0.2) is 39.5 Å². The van der Waals surface area contributed by atoms with Crippen molar-refractivity contribution < 1.29 is 23.7 Å². The van der Waals surface area contributed by atoms with Crippen molar-refractivity contribution in [2.75, 3.05) is 39.1 Å². The van der Waals surface area contributed by atoms with Crippen LogP contribution < -0.4 is 24.8 Å². The van der Waals surface area contributed by atoms with Crippen molar-refractivity contribution in [1.29, 1.82) is 0 Å². The molecule has 1 aliphatic rings.